The van der Waals surface area contributed by atoms with Gasteiger partial charge in [0.15, 0.2) is 17.3 Å². The lowest BCUT2D eigenvalue weighted by atomic mass is 10.1. The third-order valence-electron chi connectivity index (χ3n) is 7.30. The van der Waals surface area contributed by atoms with Crippen LogP contribution < -0.4 is 16.6 Å². The van der Waals surface area contributed by atoms with E-state index >= 15 is 0 Å². The van der Waals surface area contributed by atoms with Gasteiger partial charge in [-0.1, -0.05) is 12.1 Å². The first kappa shape index (κ1) is 23.2. The van der Waals surface area contributed by atoms with E-state index in [0.717, 1.165) is 48.2 Å². The van der Waals surface area contributed by atoms with Crippen molar-refractivity contribution in [1.29, 1.82) is 0 Å². The molecule has 0 aliphatic heterocycles. The largest absolute Gasteiger partial charge is 0.366 e. The van der Waals surface area contributed by atoms with Crippen molar-refractivity contribution >= 4 is 22.9 Å². The van der Waals surface area contributed by atoms with E-state index in [4.69, 9.17) is 10.7 Å². The van der Waals surface area contributed by atoms with Gasteiger partial charge in [-0.2, -0.15) is 0 Å². The summed E-state index contributed by atoms with van der Waals surface area (Å²) in [5.74, 6) is 1.13. The molecule has 3 N–H and O–H groups in total. The van der Waals surface area contributed by atoms with Crippen molar-refractivity contribution in [1.82, 2.24) is 29.5 Å². The number of aryl methyl sites for hydroxylation is 1. The first-order chi connectivity index (χ1) is 17.9. The molecule has 1 amide bonds. The highest BCUT2D eigenvalue weighted by Crippen LogP contribution is 2.43. The second kappa shape index (κ2) is 9.02. The fourth-order valence-corrected chi connectivity index (χ4v) is 4.81. The average molecular weight is 497 g/mol. The monoisotopic (exact) mass is 496 g/mol. The molecule has 10 nitrogen and oxygen atoms in total. The van der Waals surface area contributed by atoms with Crippen molar-refractivity contribution in [2.45, 2.75) is 58.0 Å². The summed E-state index contributed by atoms with van der Waals surface area (Å²) in [6.07, 6.45) is 7.65. The van der Waals surface area contributed by atoms with E-state index in [1.807, 2.05) is 6.92 Å². The summed E-state index contributed by atoms with van der Waals surface area (Å²) in [5.41, 5.74) is 10.2. The van der Waals surface area contributed by atoms with Gasteiger partial charge in [0.05, 0.1) is 23.1 Å². The predicted octanol–water partition coefficient (Wildman–Crippen LogP) is 3.51. The van der Waals surface area contributed by atoms with Gasteiger partial charge in [-0.25, -0.2) is 24.9 Å². The molecule has 4 aromatic rings. The summed E-state index contributed by atoms with van der Waals surface area (Å²) in [6, 6.07) is 6.92. The number of carbonyl (C=O) groups excluding carboxylic acids is 1. The quantitative estimate of drug-likeness (QED) is 0.377. The van der Waals surface area contributed by atoms with Crippen LogP contribution in [0.4, 0.5) is 5.82 Å². The van der Waals surface area contributed by atoms with Crippen LogP contribution in [0.5, 0.6) is 0 Å². The number of hydrogen-bond acceptors (Lipinski definition) is 8. The van der Waals surface area contributed by atoms with Gasteiger partial charge in [-0.05, 0) is 63.1 Å². The fourth-order valence-electron chi connectivity index (χ4n) is 4.81. The number of amides is 1. The Morgan fingerprint density at radius 2 is 1.86 bits per heavy atom. The molecule has 3 heterocycles. The second-order valence-corrected chi connectivity index (χ2v) is 10.0. The normalized spacial score (nSPS) is 16.1. The van der Waals surface area contributed by atoms with Crippen LogP contribution in [0.2, 0.25) is 0 Å². The molecule has 0 spiro atoms. The Morgan fingerprint density at radius 3 is 2.54 bits per heavy atom. The minimum Gasteiger partial charge on any atom is -0.366 e. The molecule has 3 aromatic heterocycles. The highest BCUT2D eigenvalue weighted by molar-refractivity contribution is 5.92. The van der Waals surface area contributed by atoms with E-state index in [1.165, 1.54) is 0 Å². The van der Waals surface area contributed by atoms with Crippen LogP contribution >= 0.6 is 0 Å². The third-order valence-corrected chi connectivity index (χ3v) is 7.30. The highest BCUT2D eigenvalue weighted by Gasteiger charge is 2.33. The lowest BCUT2D eigenvalue weighted by Crippen LogP contribution is -2.29. The summed E-state index contributed by atoms with van der Waals surface area (Å²) < 4.78 is 1.76. The molecule has 6 rings (SSSR count). The van der Waals surface area contributed by atoms with Crippen molar-refractivity contribution in [3.63, 3.8) is 0 Å². The smallest absolute Gasteiger partial charge is 0.295 e. The van der Waals surface area contributed by atoms with Crippen molar-refractivity contribution < 1.29 is 4.79 Å². The van der Waals surface area contributed by atoms with E-state index in [0.29, 0.717) is 40.9 Å². The number of hydrogen-bond donors (Lipinski definition) is 2. The van der Waals surface area contributed by atoms with Crippen LogP contribution in [0, 0.1) is 12.8 Å². The maximum atomic E-state index is 13.7. The topological polar surface area (TPSA) is 142 Å². The maximum Gasteiger partial charge on any atom is 0.295 e. The van der Waals surface area contributed by atoms with E-state index in [-0.39, 0.29) is 17.4 Å². The van der Waals surface area contributed by atoms with Crippen LogP contribution in [-0.2, 0) is 6.54 Å². The Hall–Kier alpha value is -4.21. The van der Waals surface area contributed by atoms with E-state index in [1.54, 1.807) is 41.4 Å². The second-order valence-electron chi connectivity index (χ2n) is 10.0. The summed E-state index contributed by atoms with van der Waals surface area (Å²) in [7, 11) is 0. The lowest BCUT2D eigenvalue weighted by molar-refractivity contribution is 0.100. The Kier molecular flexibility index (Phi) is 5.66. The molecule has 2 fully saturated rings. The highest BCUT2D eigenvalue weighted by atomic mass is 16.1. The zero-order valence-electron chi connectivity index (χ0n) is 20.8. The molecule has 0 saturated heterocycles. The van der Waals surface area contributed by atoms with Crippen molar-refractivity contribution in [3.8, 4) is 11.4 Å². The molecule has 0 radical (unpaired) electrons. The van der Waals surface area contributed by atoms with Gasteiger partial charge >= 0.3 is 0 Å². The van der Waals surface area contributed by atoms with Gasteiger partial charge in [0, 0.05) is 24.1 Å². The summed E-state index contributed by atoms with van der Waals surface area (Å²) >= 11 is 0. The molecule has 37 heavy (non-hydrogen) atoms. The Bertz CT molecular complexity index is 1570. The van der Waals surface area contributed by atoms with Gasteiger partial charge in [0.2, 0.25) is 5.91 Å². The first-order valence-corrected chi connectivity index (χ1v) is 12.6. The molecule has 2 saturated carbocycles. The van der Waals surface area contributed by atoms with Gasteiger partial charge in [0.1, 0.15) is 11.8 Å². The fraction of sp³-hybridized carbons (Fsp3) is 0.370. The molecular formula is C27H28N8O2. The number of rotatable bonds is 8. The van der Waals surface area contributed by atoms with Crippen LogP contribution in [-0.4, -0.2) is 35.4 Å². The number of aromatic nitrogens is 6. The number of anilines is 1. The van der Waals surface area contributed by atoms with E-state index < -0.39 is 5.91 Å². The van der Waals surface area contributed by atoms with Crippen LogP contribution in [0.3, 0.4) is 0 Å². The van der Waals surface area contributed by atoms with Gasteiger partial charge in [0.25, 0.3) is 5.56 Å². The Balaban J connectivity index is 1.41. The van der Waals surface area contributed by atoms with E-state index in [2.05, 4.69) is 32.2 Å². The molecule has 1 aromatic carbocycles. The SMILES string of the molecule is Cc1ncnc(C2CC2)c1-c1ncc2nc(NCc3ccc(C(N)=O)cc3)c(=O)n(C(C)C3CC3)c2n1. The van der Waals surface area contributed by atoms with Crippen LogP contribution in [0.25, 0.3) is 22.6 Å². The number of primary amides is 1. The molecule has 2 aliphatic carbocycles. The number of nitrogens with zero attached hydrogens (tertiary/aromatic N) is 6. The van der Waals surface area contributed by atoms with Crippen molar-refractivity contribution in [2.24, 2.45) is 11.7 Å². The molecular weight excluding hydrogens is 468 g/mol. The predicted molar refractivity (Wildman–Crippen MR) is 139 cm³/mol. The van der Waals surface area contributed by atoms with Crippen LogP contribution in [0.1, 0.15) is 71.9 Å². The summed E-state index contributed by atoms with van der Waals surface area (Å²) in [5, 5.41) is 3.18. The minimum atomic E-state index is -0.478. The first-order valence-electron chi connectivity index (χ1n) is 12.6. The van der Waals surface area contributed by atoms with E-state index in [9.17, 15) is 9.59 Å². The number of fused-ring (bicyclic) bond motifs is 1. The van der Waals surface area contributed by atoms with Gasteiger partial charge < -0.3 is 11.1 Å². The third kappa shape index (κ3) is 4.43. The van der Waals surface area contributed by atoms with Gasteiger partial charge in [-0.3, -0.25) is 14.2 Å². The zero-order valence-corrected chi connectivity index (χ0v) is 20.8. The van der Waals surface area contributed by atoms with Crippen molar-refractivity contribution in [3.05, 3.63) is 69.7 Å². The minimum absolute atomic E-state index is 0.0211. The standard InChI is InChI=1S/C27H28N8O2/c1-14-21(22(18-9-10-18)32-13-31-14)24-30-12-20-26(34-24)35(15(2)17-7-8-17)27(37)25(33-20)29-11-16-3-5-19(6-4-16)23(28)36/h3-6,12-13,15,17-18H,7-11H2,1-2H3,(H2,28,36)(H,29,33). The Labute approximate surface area is 213 Å². The van der Waals surface area contributed by atoms with Crippen LogP contribution in [0.15, 0.2) is 41.6 Å². The number of nitrogens with two attached hydrogens (primary N) is 1. The molecule has 1 unspecified atom stereocenters. The number of nitrogens with one attached hydrogen (secondary N) is 1. The zero-order chi connectivity index (χ0) is 25.7. The maximum absolute atomic E-state index is 13.7. The summed E-state index contributed by atoms with van der Waals surface area (Å²) in [6.45, 7) is 4.38. The molecule has 1 atom stereocenters. The Morgan fingerprint density at radius 1 is 1.11 bits per heavy atom. The van der Waals surface area contributed by atoms with Crippen molar-refractivity contribution in [2.75, 3.05) is 5.32 Å². The molecule has 2 aliphatic rings. The average Bonchev–Trinajstić information content (AvgIpc) is 3.81. The molecule has 188 valence electrons. The summed E-state index contributed by atoms with van der Waals surface area (Å²) in [4.78, 5) is 48.1. The number of carbonyl (C=O) groups is 1. The lowest BCUT2D eigenvalue weighted by Gasteiger charge is -2.19. The van der Waals surface area contributed by atoms with Gasteiger partial charge in [-0.15, -0.1) is 0 Å². The number of benzene rings is 1. The molecule has 0 bridgehead atoms. The molecule has 10 heteroatoms.